The molecule has 0 radical (unpaired) electrons. The second kappa shape index (κ2) is 13.6. The van der Waals surface area contributed by atoms with Gasteiger partial charge in [-0.3, -0.25) is 9.59 Å². The number of nitrogens with one attached hydrogen (secondary N) is 1. The molecule has 4 aromatic rings. The van der Waals surface area contributed by atoms with Crippen LogP contribution in [-0.4, -0.2) is 50.7 Å². The quantitative estimate of drug-likeness (QED) is 0.242. The molecule has 2 aliphatic rings. The molecule has 1 aliphatic heterocycles. The van der Waals surface area contributed by atoms with E-state index in [-0.39, 0.29) is 17.5 Å². The molecule has 3 heterocycles. The van der Waals surface area contributed by atoms with Gasteiger partial charge in [0.25, 0.3) is 11.5 Å². The fraction of sp³-hybridized carbons (Fsp3) is 0.389. The van der Waals surface area contributed by atoms with Crippen molar-refractivity contribution in [1.29, 1.82) is 0 Å². The zero-order valence-electron chi connectivity index (χ0n) is 25.6. The number of amides is 1. The van der Waals surface area contributed by atoms with E-state index in [1.165, 1.54) is 31.7 Å². The Bertz CT molecular complexity index is 1620. The van der Waals surface area contributed by atoms with E-state index in [1.807, 2.05) is 54.6 Å². The molecular weight excluding hydrogens is 550 g/mol. The predicted octanol–water partition coefficient (Wildman–Crippen LogP) is 6.41. The third kappa shape index (κ3) is 7.08. The van der Waals surface area contributed by atoms with Crippen molar-refractivity contribution in [2.75, 3.05) is 13.1 Å². The van der Waals surface area contributed by atoms with Gasteiger partial charge in [-0.15, -0.1) is 0 Å². The van der Waals surface area contributed by atoms with Gasteiger partial charge >= 0.3 is 0 Å². The molecule has 1 amide bonds. The standard InChI is InChI=1S/C36H41N5O3/c1-25(2)32-16-17-33(39-38-32)26-12-14-31(15-13-26)44-34-23-27(10-11-28(34)24-41-20-6-5-9-35(41)42)36(43)37-29-18-21-40(22-19-29)30-7-3-4-8-30/h5-6,9-17,20,23,25,29-30H,3-4,7-8,18-19,21-22,24H2,1-2H3,(H,37,43). The molecule has 44 heavy (non-hydrogen) atoms. The highest BCUT2D eigenvalue weighted by atomic mass is 16.5. The Labute approximate surface area is 259 Å². The zero-order valence-corrected chi connectivity index (χ0v) is 25.6. The second-order valence-electron chi connectivity index (χ2n) is 12.3. The van der Waals surface area contributed by atoms with Crippen molar-refractivity contribution < 1.29 is 9.53 Å². The van der Waals surface area contributed by atoms with Gasteiger partial charge in [0.1, 0.15) is 11.5 Å². The average Bonchev–Trinajstić information content (AvgIpc) is 3.59. The maximum Gasteiger partial charge on any atom is 0.251 e. The van der Waals surface area contributed by atoms with Gasteiger partial charge in [0, 0.05) is 54.1 Å². The molecule has 8 nitrogen and oxygen atoms in total. The number of hydrogen-bond acceptors (Lipinski definition) is 6. The first-order valence-electron chi connectivity index (χ1n) is 15.9. The van der Waals surface area contributed by atoms with Crippen LogP contribution in [-0.2, 0) is 6.54 Å². The number of nitrogens with zero attached hydrogens (tertiary/aromatic N) is 4. The Balaban J connectivity index is 1.18. The summed E-state index contributed by atoms with van der Waals surface area (Å²) in [5.74, 6) is 1.38. The lowest BCUT2D eigenvalue weighted by Crippen LogP contribution is -2.47. The Morgan fingerprint density at radius 2 is 1.70 bits per heavy atom. The Hall–Kier alpha value is -4.30. The minimum Gasteiger partial charge on any atom is -0.457 e. The number of rotatable bonds is 9. The number of piperidine rings is 1. The fourth-order valence-corrected chi connectivity index (χ4v) is 6.27. The molecule has 228 valence electrons. The van der Waals surface area contributed by atoms with Crippen molar-refractivity contribution in [3.8, 4) is 22.8 Å². The smallest absolute Gasteiger partial charge is 0.251 e. The van der Waals surface area contributed by atoms with E-state index in [4.69, 9.17) is 4.74 Å². The van der Waals surface area contributed by atoms with Crippen LogP contribution in [0.2, 0.25) is 0 Å². The molecular formula is C36H41N5O3. The summed E-state index contributed by atoms with van der Waals surface area (Å²) in [5.41, 5.74) is 3.93. The van der Waals surface area contributed by atoms with E-state index >= 15 is 0 Å². The summed E-state index contributed by atoms with van der Waals surface area (Å²) < 4.78 is 8.00. The van der Waals surface area contributed by atoms with Gasteiger partial charge in [0.05, 0.1) is 17.9 Å². The topological polar surface area (TPSA) is 89.4 Å². The van der Waals surface area contributed by atoms with Gasteiger partial charge in [0.15, 0.2) is 0 Å². The summed E-state index contributed by atoms with van der Waals surface area (Å²) in [6.45, 7) is 6.59. The molecule has 6 rings (SSSR count). The van der Waals surface area contributed by atoms with Crippen molar-refractivity contribution in [2.45, 2.75) is 76.9 Å². The normalized spacial score (nSPS) is 16.3. The largest absolute Gasteiger partial charge is 0.457 e. The second-order valence-corrected chi connectivity index (χ2v) is 12.3. The van der Waals surface area contributed by atoms with Gasteiger partial charge in [0.2, 0.25) is 0 Å². The third-order valence-electron chi connectivity index (χ3n) is 8.93. The Kier molecular flexibility index (Phi) is 9.17. The maximum absolute atomic E-state index is 13.4. The van der Waals surface area contributed by atoms with Gasteiger partial charge in [-0.2, -0.15) is 10.2 Å². The third-order valence-corrected chi connectivity index (χ3v) is 8.93. The van der Waals surface area contributed by atoms with E-state index in [1.54, 1.807) is 22.9 Å². The molecule has 2 aromatic heterocycles. The van der Waals surface area contributed by atoms with Crippen LogP contribution in [0.15, 0.2) is 83.8 Å². The molecule has 0 spiro atoms. The summed E-state index contributed by atoms with van der Waals surface area (Å²) in [6, 6.07) is 23.1. The molecule has 1 saturated heterocycles. The molecule has 8 heteroatoms. The average molecular weight is 592 g/mol. The lowest BCUT2D eigenvalue weighted by molar-refractivity contribution is 0.0892. The fourth-order valence-electron chi connectivity index (χ4n) is 6.27. The summed E-state index contributed by atoms with van der Waals surface area (Å²) in [5, 5.41) is 12.0. The lowest BCUT2D eigenvalue weighted by atomic mass is 10.0. The van der Waals surface area contributed by atoms with E-state index in [0.29, 0.717) is 29.5 Å². The number of carbonyl (C=O) groups excluding carboxylic acids is 1. The predicted molar refractivity (Wildman–Crippen MR) is 172 cm³/mol. The van der Waals surface area contributed by atoms with Crippen LogP contribution in [0.25, 0.3) is 11.3 Å². The highest BCUT2D eigenvalue weighted by molar-refractivity contribution is 5.95. The lowest BCUT2D eigenvalue weighted by Gasteiger charge is -2.36. The van der Waals surface area contributed by atoms with Crippen molar-refractivity contribution in [3.63, 3.8) is 0 Å². The van der Waals surface area contributed by atoms with Gasteiger partial charge in [-0.25, -0.2) is 0 Å². The number of likely N-dealkylation sites (tertiary alicyclic amines) is 1. The summed E-state index contributed by atoms with van der Waals surface area (Å²) in [4.78, 5) is 28.5. The van der Waals surface area contributed by atoms with Crippen LogP contribution in [0.1, 0.15) is 79.9 Å². The number of ether oxygens (including phenoxy) is 1. The first-order chi connectivity index (χ1) is 21.4. The first kappa shape index (κ1) is 29.8. The van der Waals surface area contributed by atoms with Crippen molar-refractivity contribution in [1.82, 2.24) is 25.0 Å². The van der Waals surface area contributed by atoms with Crippen molar-refractivity contribution in [3.05, 3.63) is 106 Å². The van der Waals surface area contributed by atoms with Crippen LogP contribution in [0, 0.1) is 0 Å². The van der Waals surface area contributed by atoms with Crippen LogP contribution < -0.4 is 15.6 Å². The number of benzene rings is 2. The van der Waals surface area contributed by atoms with E-state index in [0.717, 1.165) is 54.5 Å². The first-order valence-corrected chi connectivity index (χ1v) is 15.9. The zero-order chi connectivity index (χ0) is 30.5. The maximum atomic E-state index is 13.4. The molecule has 1 N–H and O–H groups in total. The summed E-state index contributed by atoms with van der Waals surface area (Å²) in [6.07, 6.45) is 8.99. The van der Waals surface area contributed by atoms with E-state index in [9.17, 15) is 9.59 Å². The van der Waals surface area contributed by atoms with Crippen molar-refractivity contribution >= 4 is 5.91 Å². The monoisotopic (exact) mass is 591 g/mol. The Morgan fingerprint density at radius 3 is 2.39 bits per heavy atom. The van der Waals surface area contributed by atoms with Gasteiger partial charge in [-0.1, -0.05) is 38.8 Å². The van der Waals surface area contributed by atoms with Gasteiger partial charge in [-0.05, 0) is 86.2 Å². The molecule has 0 atom stereocenters. The Morgan fingerprint density at radius 1 is 0.932 bits per heavy atom. The minimum atomic E-state index is -0.101. The SMILES string of the molecule is CC(C)c1ccc(-c2ccc(Oc3cc(C(=O)NC4CCN(C5CCCC5)CC4)ccc3Cn3ccccc3=O)cc2)nn1. The van der Waals surface area contributed by atoms with E-state index in [2.05, 4.69) is 34.3 Å². The number of carbonyl (C=O) groups is 1. The highest BCUT2D eigenvalue weighted by Gasteiger charge is 2.28. The van der Waals surface area contributed by atoms with Crippen LogP contribution in [0.4, 0.5) is 0 Å². The summed E-state index contributed by atoms with van der Waals surface area (Å²) in [7, 11) is 0. The minimum absolute atomic E-state index is 0.0989. The number of aromatic nitrogens is 3. The van der Waals surface area contributed by atoms with Crippen LogP contribution in [0.3, 0.4) is 0 Å². The molecule has 0 bridgehead atoms. The molecule has 1 aliphatic carbocycles. The number of hydrogen-bond donors (Lipinski definition) is 1. The van der Waals surface area contributed by atoms with Crippen LogP contribution in [0.5, 0.6) is 11.5 Å². The molecule has 2 aromatic carbocycles. The molecule has 0 unspecified atom stereocenters. The van der Waals surface area contributed by atoms with E-state index < -0.39 is 0 Å². The molecule has 1 saturated carbocycles. The highest BCUT2D eigenvalue weighted by Crippen LogP contribution is 2.30. The summed E-state index contributed by atoms with van der Waals surface area (Å²) >= 11 is 0. The number of pyridine rings is 1. The molecule has 2 fully saturated rings. The van der Waals surface area contributed by atoms with Gasteiger partial charge < -0.3 is 19.5 Å². The van der Waals surface area contributed by atoms with Crippen LogP contribution >= 0.6 is 0 Å². The van der Waals surface area contributed by atoms with Crippen molar-refractivity contribution in [2.24, 2.45) is 0 Å².